The van der Waals surface area contributed by atoms with Crippen molar-refractivity contribution >= 4 is 16.9 Å². The molecule has 1 aliphatic heterocycles. The van der Waals surface area contributed by atoms with Crippen LogP contribution in [0.4, 0.5) is 5.82 Å². The standard InChI is InChI=1S/C16H22N4/c1-17-9-6-13-7-10-20(11-8-13)16-12-18-14-4-2-3-5-15(14)19-16/h2-5,12-13,17H,6-11H2,1H3. The summed E-state index contributed by atoms with van der Waals surface area (Å²) >= 11 is 0. The summed E-state index contributed by atoms with van der Waals surface area (Å²) in [6.07, 6.45) is 5.72. The fourth-order valence-corrected chi connectivity index (χ4v) is 2.90. The number of anilines is 1. The van der Waals surface area contributed by atoms with E-state index in [0.717, 1.165) is 42.4 Å². The predicted octanol–water partition coefficient (Wildman–Crippen LogP) is 2.46. The van der Waals surface area contributed by atoms with E-state index in [1.165, 1.54) is 19.3 Å². The summed E-state index contributed by atoms with van der Waals surface area (Å²) in [6.45, 7) is 3.32. The highest BCUT2D eigenvalue weighted by Crippen LogP contribution is 2.24. The molecule has 4 nitrogen and oxygen atoms in total. The fourth-order valence-electron chi connectivity index (χ4n) is 2.90. The van der Waals surface area contributed by atoms with Gasteiger partial charge in [0.15, 0.2) is 0 Å². The maximum absolute atomic E-state index is 4.74. The Hall–Kier alpha value is -1.68. The second-order valence-corrected chi connectivity index (χ2v) is 5.54. The molecule has 0 unspecified atom stereocenters. The molecule has 1 aromatic carbocycles. The average molecular weight is 270 g/mol. The molecule has 106 valence electrons. The number of rotatable bonds is 4. The molecule has 0 saturated carbocycles. The molecule has 4 heteroatoms. The molecule has 0 spiro atoms. The van der Waals surface area contributed by atoms with Gasteiger partial charge in [0, 0.05) is 13.1 Å². The molecule has 1 saturated heterocycles. The lowest BCUT2D eigenvalue weighted by molar-refractivity contribution is 0.377. The van der Waals surface area contributed by atoms with Crippen LogP contribution in [0.25, 0.3) is 11.0 Å². The third-order valence-corrected chi connectivity index (χ3v) is 4.18. The molecule has 0 atom stereocenters. The monoisotopic (exact) mass is 270 g/mol. The Bertz CT molecular complexity index is 561. The minimum atomic E-state index is 0.854. The zero-order valence-corrected chi connectivity index (χ0v) is 12.0. The minimum Gasteiger partial charge on any atom is -0.355 e. The van der Waals surface area contributed by atoms with Crippen LogP contribution < -0.4 is 10.2 Å². The molecule has 2 heterocycles. The van der Waals surface area contributed by atoms with Crippen LogP contribution in [0.3, 0.4) is 0 Å². The number of hydrogen-bond acceptors (Lipinski definition) is 4. The second-order valence-electron chi connectivity index (χ2n) is 5.54. The zero-order chi connectivity index (χ0) is 13.8. The maximum atomic E-state index is 4.74. The number of benzene rings is 1. The molecule has 1 aliphatic rings. The topological polar surface area (TPSA) is 41.0 Å². The van der Waals surface area contributed by atoms with Crippen LogP contribution in [0, 0.1) is 5.92 Å². The van der Waals surface area contributed by atoms with Crippen molar-refractivity contribution in [1.29, 1.82) is 0 Å². The van der Waals surface area contributed by atoms with Crippen molar-refractivity contribution in [2.24, 2.45) is 5.92 Å². The van der Waals surface area contributed by atoms with Gasteiger partial charge in [-0.15, -0.1) is 0 Å². The van der Waals surface area contributed by atoms with Gasteiger partial charge < -0.3 is 10.2 Å². The number of hydrogen-bond donors (Lipinski definition) is 1. The first-order valence-electron chi connectivity index (χ1n) is 7.48. The Balaban J connectivity index is 1.67. The highest BCUT2D eigenvalue weighted by Gasteiger charge is 2.20. The van der Waals surface area contributed by atoms with Crippen molar-refractivity contribution in [3.63, 3.8) is 0 Å². The van der Waals surface area contributed by atoms with Crippen molar-refractivity contribution in [2.45, 2.75) is 19.3 Å². The van der Waals surface area contributed by atoms with E-state index in [-0.39, 0.29) is 0 Å². The molecular formula is C16H22N4. The van der Waals surface area contributed by atoms with E-state index in [1.54, 1.807) is 0 Å². The fraction of sp³-hybridized carbons (Fsp3) is 0.500. The van der Waals surface area contributed by atoms with Gasteiger partial charge in [0.25, 0.3) is 0 Å². The summed E-state index contributed by atoms with van der Waals surface area (Å²) in [5.41, 5.74) is 1.96. The van der Waals surface area contributed by atoms with E-state index in [0.29, 0.717) is 0 Å². The van der Waals surface area contributed by atoms with Gasteiger partial charge in [0.1, 0.15) is 5.82 Å². The lowest BCUT2D eigenvalue weighted by atomic mass is 9.93. The second kappa shape index (κ2) is 6.18. The zero-order valence-electron chi connectivity index (χ0n) is 12.0. The first-order valence-corrected chi connectivity index (χ1v) is 7.48. The van der Waals surface area contributed by atoms with Crippen molar-refractivity contribution in [2.75, 3.05) is 31.6 Å². The van der Waals surface area contributed by atoms with Gasteiger partial charge in [-0.05, 0) is 50.9 Å². The van der Waals surface area contributed by atoms with Gasteiger partial charge in [-0.1, -0.05) is 12.1 Å². The first kappa shape index (κ1) is 13.3. The highest BCUT2D eigenvalue weighted by atomic mass is 15.2. The Morgan fingerprint density at radius 2 is 1.95 bits per heavy atom. The normalized spacial score (nSPS) is 16.8. The third-order valence-electron chi connectivity index (χ3n) is 4.18. The van der Waals surface area contributed by atoms with Crippen molar-refractivity contribution < 1.29 is 0 Å². The summed E-state index contributed by atoms with van der Waals surface area (Å²) in [5, 5.41) is 3.24. The summed E-state index contributed by atoms with van der Waals surface area (Å²) in [5.74, 6) is 1.88. The number of piperidine rings is 1. The quantitative estimate of drug-likeness (QED) is 0.926. The van der Waals surface area contributed by atoms with Crippen LogP contribution >= 0.6 is 0 Å². The average Bonchev–Trinajstić information content (AvgIpc) is 2.53. The number of nitrogens with one attached hydrogen (secondary N) is 1. The third kappa shape index (κ3) is 2.90. The summed E-state index contributed by atoms with van der Waals surface area (Å²) in [7, 11) is 2.03. The summed E-state index contributed by atoms with van der Waals surface area (Å²) in [4.78, 5) is 11.6. The van der Waals surface area contributed by atoms with E-state index in [9.17, 15) is 0 Å². The molecule has 0 radical (unpaired) electrons. The Morgan fingerprint density at radius 3 is 2.70 bits per heavy atom. The van der Waals surface area contributed by atoms with Crippen LogP contribution in [0.15, 0.2) is 30.5 Å². The summed E-state index contributed by atoms with van der Waals surface area (Å²) < 4.78 is 0. The number of fused-ring (bicyclic) bond motifs is 1. The lowest BCUT2D eigenvalue weighted by Crippen LogP contribution is -2.35. The van der Waals surface area contributed by atoms with Crippen LogP contribution in [0.1, 0.15) is 19.3 Å². The van der Waals surface area contributed by atoms with Crippen LogP contribution in [0.5, 0.6) is 0 Å². The number of aromatic nitrogens is 2. The van der Waals surface area contributed by atoms with E-state index in [2.05, 4.69) is 15.2 Å². The van der Waals surface area contributed by atoms with E-state index in [4.69, 9.17) is 4.98 Å². The van der Waals surface area contributed by atoms with Gasteiger partial charge in [-0.3, -0.25) is 4.98 Å². The van der Waals surface area contributed by atoms with E-state index >= 15 is 0 Å². The van der Waals surface area contributed by atoms with E-state index < -0.39 is 0 Å². The number of para-hydroxylation sites is 2. The van der Waals surface area contributed by atoms with Crippen LogP contribution in [0.2, 0.25) is 0 Å². The predicted molar refractivity (Wildman–Crippen MR) is 83.0 cm³/mol. The van der Waals surface area contributed by atoms with Gasteiger partial charge in [0.2, 0.25) is 0 Å². The Labute approximate surface area is 120 Å². The molecular weight excluding hydrogens is 248 g/mol. The molecule has 0 aliphatic carbocycles. The molecule has 1 fully saturated rings. The van der Waals surface area contributed by atoms with E-state index in [1.807, 2.05) is 37.5 Å². The first-order chi connectivity index (χ1) is 9.86. The van der Waals surface area contributed by atoms with Crippen molar-refractivity contribution in [3.05, 3.63) is 30.5 Å². The Morgan fingerprint density at radius 1 is 1.20 bits per heavy atom. The van der Waals surface area contributed by atoms with Crippen molar-refractivity contribution in [3.8, 4) is 0 Å². The molecule has 1 aromatic heterocycles. The van der Waals surface area contributed by atoms with Crippen molar-refractivity contribution in [1.82, 2.24) is 15.3 Å². The Kier molecular flexibility index (Phi) is 4.11. The molecule has 0 bridgehead atoms. The smallest absolute Gasteiger partial charge is 0.147 e. The largest absolute Gasteiger partial charge is 0.355 e. The van der Waals surface area contributed by atoms with Crippen LogP contribution in [-0.2, 0) is 0 Å². The lowest BCUT2D eigenvalue weighted by Gasteiger charge is -2.32. The van der Waals surface area contributed by atoms with Gasteiger partial charge >= 0.3 is 0 Å². The molecule has 1 N–H and O–H groups in total. The molecule has 20 heavy (non-hydrogen) atoms. The number of nitrogens with zero attached hydrogens (tertiary/aromatic N) is 3. The highest BCUT2D eigenvalue weighted by molar-refractivity contribution is 5.75. The van der Waals surface area contributed by atoms with Crippen LogP contribution in [-0.4, -0.2) is 36.6 Å². The maximum Gasteiger partial charge on any atom is 0.147 e. The molecule has 0 amide bonds. The minimum absolute atomic E-state index is 0.854. The van der Waals surface area contributed by atoms with Gasteiger partial charge in [0.05, 0.1) is 17.2 Å². The molecule has 3 rings (SSSR count). The molecule has 2 aromatic rings. The van der Waals surface area contributed by atoms with Gasteiger partial charge in [-0.25, -0.2) is 4.98 Å². The SMILES string of the molecule is CNCCC1CCN(c2cnc3ccccc3n2)CC1. The van der Waals surface area contributed by atoms with Gasteiger partial charge in [-0.2, -0.15) is 0 Å². The summed E-state index contributed by atoms with van der Waals surface area (Å²) in [6, 6.07) is 8.07.